The molecule has 172 valence electrons. The summed E-state index contributed by atoms with van der Waals surface area (Å²) in [4.78, 5) is 1.24. The van der Waals surface area contributed by atoms with Crippen LogP contribution in [-0.4, -0.2) is 76.9 Å². The molecule has 0 unspecified atom stereocenters. The second-order valence-electron chi connectivity index (χ2n) is 8.32. The summed E-state index contributed by atoms with van der Waals surface area (Å²) in [6.07, 6.45) is 5.15. The summed E-state index contributed by atoms with van der Waals surface area (Å²) in [5, 5.41) is 8.33. The summed E-state index contributed by atoms with van der Waals surface area (Å²) in [6, 6.07) is 7.26. The molecule has 0 N–H and O–H groups in total. The summed E-state index contributed by atoms with van der Waals surface area (Å²) in [5.74, 6) is 0. The Kier molecular flexibility index (Phi) is 5.43. The Morgan fingerprint density at radius 3 is 1.81 bits per heavy atom. The average molecular weight is 474 g/mol. The van der Waals surface area contributed by atoms with E-state index in [1.807, 2.05) is 26.1 Å². The Hall–Kier alpha value is -1.43. The molecule has 0 atom stereocenters. The van der Waals surface area contributed by atoms with Crippen molar-refractivity contribution >= 4 is 29.0 Å². The Labute approximate surface area is 181 Å². The fourth-order valence-corrected chi connectivity index (χ4v) is 12.3. The van der Waals surface area contributed by atoms with Gasteiger partial charge in [-0.25, -0.2) is 0 Å². The fourth-order valence-electron chi connectivity index (χ4n) is 5.17. The molecule has 1 aromatic heterocycles. The van der Waals surface area contributed by atoms with Crippen LogP contribution in [0.2, 0.25) is 0 Å². The molecule has 5 rings (SSSR count). The van der Waals surface area contributed by atoms with Gasteiger partial charge in [-0.05, 0) is 0 Å². The molecule has 0 saturated carbocycles. The van der Waals surface area contributed by atoms with Crippen molar-refractivity contribution in [2.24, 2.45) is 0 Å². The van der Waals surface area contributed by atoms with Crippen LogP contribution in [-0.2, 0) is 14.5 Å². The van der Waals surface area contributed by atoms with E-state index in [1.54, 1.807) is 12.1 Å². The molecule has 10 nitrogen and oxygen atoms in total. The topological polar surface area (TPSA) is 93.0 Å². The maximum absolute atomic E-state index is 14.6. The van der Waals surface area contributed by atoms with E-state index in [2.05, 4.69) is 10.3 Å². The summed E-state index contributed by atoms with van der Waals surface area (Å²) in [7, 11) is -9.99. The second kappa shape index (κ2) is 7.86. The average Bonchev–Trinajstić information content (AvgIpc) is 3.55. The van der Waals surface area contributed by atoms with Gasteiger partial charge in [-0.15, -0.1) is 0 Å². The van der Waals surface area contributed by atoms with E-state index in [4.69, 9.17) is 8.59 Å². The van der Waals surface area contributed by atoms with Gasteiger partial charge in [0, 0.05) is 0 Å². The number of halogens is 1. The van der Waals surface area contributed by atoms with Crippen LogP contribution in [0.5, 0.6) is 0 Å². The number of benzene rings is 1. The van der Waals surface area contributed by atoms with Crippen LogP contribution in [0.3, 0.4) is 0 Å². The van der Waals surface area contributed by atoms with Crippen LogP contribution in [0.25, 0.3) is 11.0 Å². The SMILES string of the molecule is O=S(=O)(F)OP(On1nnc2ccccc21)(N1CCCC1)(N1CCCC1)N1CCCC1. The third-order valence-corrected chi connectivity index (χ3v) is 12.8. The standard InChI is InChI=1S/C18H28FN6O4PS/c19-31(26,27)29-30(22-11-3-4-12-22,23-13-5-6-14-23,24-15-7-8-16-24)28-25-18-10-2-1-9-17(18)20-21-25/h1-2,9-10H,3-8,11-16H2. The first-order chi connectivity index (χ1) is 14.9. The third kappa shape index (κ3) is 3.44. The summed E-state index contributed by atoms with van der Waals surface area (Å²) >= 11 is 0. The van der Waals surface area contributed by atoms with Crippen LogP contribution >= 0.6 is 7.51 Å². The zero-order chi connectivity index (χ0) is 21.6. The number of hydrogen-bond acceptors (Lipinski definition) is 9. The normalized spacial score (nSPS) is 23.5. The molecule has 3 saturated heterocycles. The van der Waals surface area contributed by atoms with Gasteiger partial charge >= 0.3 is 181 Å². The van der Waals surface area contributed by atoms with Gasteiger partial charge in [-0.1, -0.05) is 0 Å². The molecule has 3 aliphatic rings. The van der Waals surface area contributed by atoms with Gasteiger partial charge in [0.25, 0.3) is 0 Å². The van der Waals surface area contributed by atoms with Crippen molar-refractivity contribution < 1.29 is 20.9 Å². The van der Waals surface area contributed by atoms with E-state index in [9.17, 15) is 12.3 Å². The molecule has 0 radical (unpaired) electrons. The van der Waals surface area contributed by atoms with Gasteiger partial charge < -0.3 is 0 Å². The molecule has 13 heteroatoms. The van der Waals surface area contributed by atoms with Crippen LogP contribution < -0.4 is 4.62 Å². The molecule has 0 bridgehead atoms. The Morgan fingerprint density at radius 1 is 0.839 bits per heavy atom. The fraction of sp³-hybridized carbons (Fsp3) is 0.667. The van der Waals surface area contributed by atoms with Crippen LogP contribution in [0, 0.1) is 0 Å². The number of fused-ring (bicyclic) bond motifs is 1. The second-order valence-corrected chi connectivity index (χ2v) is 13.2. The molecular weight excluding hydrogens is 446 g/mol. The Bertz CT molecular complexity index is 1010. The number of aromatic nitrogens is 3. The summed E-state index contributed by atoms with van der Waals surface area (Å²) < 4.78 is 57.3. The van der Waals surface area contributed by atoms with E-state index >= 15 is 0 Å². The molecule has 31 heavy (non-hydrogen) atoms. The molecule has 1 aromatic carbocycles. The van der Waals surface area contributed by atoms with Crippen molar-refractivity contribution in [3.05, 3.63) is 24.3 Å². The zero-order valence-electron chi connectivity index (χ0n) is 17.3. The first-order valence-electron chi connectivity index (χ1n) is 10.9. The van der Waals surface area contributed by atoms with E-state index in [1.165, 1.54) is 4.85 Å². The van der Waals surface area contributed by atoms with E-state index in [0.29, 0.717) is 50.3 Å². The van der Waals surface area contributed by atoms with Gasteiger partial charge in [-0.3, -0.25) is 0 Å². The number of para-hydroxylation sites is 1. The van der Waals surface area contributed by atoms with Gasteiger partial charge in [-0.2, -0.15) is 0 Å². The van der Waals surface area contributed by atoms with Crippen LogP contribution in [0.15, 0.2) is 24.3 Å². The van der Waals surface area contributed by atoms with E-state index in [0.717, 1.165) is 38.5 Å². The third-order valence-electron chi connectivity index (χ3n) is 6.46. The van der Waals surface area contributed by atoms with Crippen molar-refractivity contribution in [3.63, 3.8) is 0 Å². The Balaban J connectivity index is 1.77. The zero-order valence-corrected chi connectivity index (χ0v) is 19.1. The van der Waals surface area contributed by atoms with Crippen molar-refractivity contribution in [1.29, 1.82) is 0 Å². The van der Waals surface area contributed by atoms with Gasteiger partial charge in [0.05, 0.1) is 0 Å². The molecule has 3 fully saturated rings. The number of hydrogen-bond donors (Lipinski definition) is 0. The number of rotatable bonds is 7. The maximum atomic E-state index is 14.6. The van der Waals surface area contributed by atoms with Crippen molar-refractivity contribution in [2.75, 3.05) is 39.3 Å². The predicted molar refractivity (Wildman–Crippen MR) is 115 cm³/mol. The predicted octanol–water partition coefficient (Wildman–Crippen LogP) is 2.51. The van der Waals surface area contributed by atoms with Gasteiger partial charge in [0.2, 0.25) is 0 Å². The van der Waals surface area contributed by atoms with Crippen molar-refractivity contribution in [1.82, 2.24) is 29.2 Å². The molecule has 2 aromatic rings. The first kappa shape index (κ1) is 21.4. The van der Waals surface area contributed by atoms with Crippen LogP contribution in [0.1, 0.15) is 38.5 Å². The number of nitrogens with zero attached hydrogens (tertiary/aromatic N) is 6. The van der Waals surface area contributed by atoms with E-state index < -0.39 is 18.0 Å². The Morgan fingerprint density at radius 2 is 1.32 bits per heavy atom. The van der Waals surface area contributed by atoms with Gasteiger partial charge in [0.1, 0.15) is 0 Å². The quantitative estimate of drug-likeness (QED) is 0.443. The van der Waals surface area contributed by atoms with Gasteiger partial charge in [0.15, 0.2) is 0 Å². The van der Waals surface area contributed by atoms with E-state index in [-0.39, 0.29) is 0 Å². The molecule has 3 aliphatic heterocycles. The van der Waals surface area contributed by atoms with Crippen molar-refractivity contribution in [2.45, 2.75) is 38.5 Å². The minimum absolute atomic E-state index is 0.562. The molecule has 0 spiro atoms. The minimum atomic E-state index is -5.36. The first-order valence-corrected chi connectivity index (χ1v) is 14.1. The molecule has 0 amide bonds. The summed E-state index contributed by atoms with van der Waals surface area (Å²) in [5.41, 5.74) is 1.18. The molecular formula is C18H28FN6O4PS. The molecule has 0 aliphatic carbocycles. The molecule has 4 heterocycles. The van der Waals surface area contributed by atoms with Crippen molar-refractivity contribution in [3.8, 4) is 0 Å². The monoisotopic (exact) mass is 474 g/mol. The summed E-state index contributed by atoms with van der Waals surface area (Å²) in [6.45, 7) is 3.37. The van der Waals surface area contributed by atoms with Crippen LogP contribution in [0.4, 0.5) is 3.89 Å².